The maximum atomic E-state index is 4.36. The SMILES string of the molecule is Brc1cnc(C2CCNCC2)cn1. The molecule has 0 saturated carbocycles. The third-order valence-electron chi connectivity index (χ3n) is 2.40. The van der Waals surface area contributed by atoms with Crippen LogP contribution in [0.2, 0.25) is 0 Å². The van der Waals surface area contributed by atoms with Gasteiger partial charge in [-0.05, 0) is 41.9 Å². The van der Waals surface area contributed by atoms with E-state index in [0.29, 0.717) is 5.92 Å². The van der Waals surface area contributed by atoms with Gasteiger partial charge < -0.3 is 5.32 Å². The highest BCUT2D eigenvalue weighted by Gasteiger charge is 2.16. The van der Waals surface area contributed by atoms with Gasteiger partial charge in [0.1, 0.15) is 4.60 Å². The molecule has 13 heavy (non-hydrogen) atoms. The summed E-state index contributed by atoms with van der Waals surface area (Å²) in [7, 11) is 0. The van der Waals surface area contributed by atoms with Crippen molar-refractivity contribution in [3.05, 3.63) is 22.7 Å². The van der Waals surface area contributed by atoms with Crippen LogP contribution < -0.4 is 5.32 Å². The van der Waals surface area contributed by atoms with Crippen LogP contribution in [0.3, 0.4) is 0 Å². The number of piperidine rings is 1. The third-order valence-corrected chi connectivity index (χ3v) is 2.81. The predicted octanol–water partition coefficient (Wildman–Crippen LogP) is 1.71. The minimum absolute atomic E-state index is 0.599. The molecule has 1 saturated heterocycles. The number of nitrogens with zero attached hydrogens (tertiary/aromatic N) is 2. The van der Waals surface area contributed by atoms with Gasteiger partial charge in [0.15, 0.2) is 0 Å². The van der Waals surface area contributed by atoms with E-state index < -0.39 is 0 Å². The number of hydrogen-bond acceptors (Lipinski definition) is 3. The molecule has 0 unspecified atom stereocenters. The van der Waals surface area contributed by atoms with E-state index in [4.69, 9.17) is 0 Å². The van der Waals surface area contributed by atoms with Crippen molar-refractivity contribution >= 4 is 15.9 Å². The molecular weight excluding hydrogens is 230 g/mol. The van der Waals surface area contributed by atoms with Crippen molar-refractivity contribution in [2.75, 3.05) is 13.1 Å². The molecule has 4 heteroatoms. The molecule has 0 spiro atoms. The highest BCUT2D eigenvalue weighted by molar-refractivity contribution is 9.10. The lowest BCUT2D eigenvalue weighted by Gasteiger charge is -2.21. The second-order valence-corrected chi connectivity index (χ2v) is 4.10. The van der Waals surface area contributed by atoms with Crippen LogP contribution in [-0.4, -0.2) is 23.1 Å². The van der Waals surface area contributed by atoms with Gasteiger partial charge in [0.05, 0.1) is 11.9 Å². The van der Waals surface area contributed by atoms with E-state index in [-0.39, 0.29) is 0 Å². The average Bonchev–Trinajstić information content (AvgIpc) is 2.20. The maximum Gasteiger partial charge on any atom is 0.124 e. The summed E-state index contributed by atoms with van der Waals surface area (Å²) in [5.74, 6) is 0.599. The van der Waals surface area contributed by atoms with E-state index in [9.17, 15) is 0 Å². The minimum Gasteiger partial charge on any atom is -0.317 e. The van der Waals surface area contributed by atoms with Crippen LogP contribution >= 0.6 is 15.9 Å². The summed E-state index contributed by atoms with van der Waals surface area (Å²) in [5, 5.41) is 3.34. The van der Waals surface area contributed by atoms with E-state index in [1.165, 1.54) is 12.8 Å². The Morgan fingerprint density at radius 2 is 2.00 bits per heavy atom. The maximum absolute atomic E-state index is 4.36. The van der Waals surface area contributed by atoms with Crippen LogP contribution in [0.1, 0.15) is 24.5 Å². The number of aromatic nitrogens is 2. The molecule has 3 nitrogen and oxygen atoms in total. The Labute approximate surface area is 86.1 Å². The molecule has 0 bridgehead atoms. The summed E-state index contributed by atoms with van der Waals surface area (Å²) >= 11 is 3.28. The van der Waals surface area contributed by atoms with Crippen LogP contribution in [0.25, 0.3) is 0 Å². The monoisotopic (exact) mass is 241 g/mol. The van der Waals surface area contributed by atoms with Crippen molar-refractivity contribution < 1.29 is 0 Å². The van der Waals surface area contributed by atoms with E-state index in [1.807, 2.05) is 6.20 Å². The summed E-state index contributed by atoms with van der Waals surface area (Å²) in [6.07, 6.45) is 6.00. The predicted molar refractivity (Wildman–Crippen MR) is 54.6 cm³/mol. The fourth-order valence-corrected chi connectivity index (χ4v) is 1.86. The van der Waals surface area contributed by atoms with Gasteiger partial charge >= 0.3 is 0 Å². The van der Waals surface area contributed by atoms with Crippen molar-refractivity contribution in [3.8, 4) is 0 Å². The lowest BCUT2D eigenvalue weighted by Crippen LogP contribution is -2.27. The molecule has 1 fully saturated rings. The summed E-state index contributed by atoms with van der Waals surface area (Å²) in [5.41, 5.74) is 1.13. The second kappa shape index (κ2) is 4.15. The molecule has 1 N–H and O–H groups in total. The van der Waals surface area contributed by atoms with Gasteiger partial charge in [-0.1, -0.05) is 0 Å². The summed E-state index contributed by atoms with van der Waals surface area (Å²) in [6.45, 7) is 2.20. The Bertz CT molecular complexity index is 267. The van der Waals surface area contributed by atoms with E-state index in [2.05, 4.69) is 31.2 Å². The molecule has 0 amide bonds. The average molecular weight is 242 g/mol. The molecular formula is C9H12BrN3. The van der Waals surface area contributed by atoms with Gasteiger partial charge in [-0.3, -0.25) is 4.98 Å². The van der Waals surface area contributed by atoms with Crippen molar-refractivity contribution in [1.82, 2.24) is 15.3 Å². The molecule has 0 radical (unpaired) electrons. The fourth-order valence-electron chi connectivity index (χ4n) is 1.65. The third kappa shape index (κ3) is 2.25. The largest absolute Gasteiger partial charge is 0.317 e. The summed E-state index contributed by atoms with van der Waals surface area (Å²) < 4.78 is 0.810. The van der Waals surface area contributed by atoms with Crippen molar-refractivity contribution in [2.45, 2.75) is 18.8 Å². The summed E-state index contributed by atoms with van der Waals surface area (Å²) in [4.78, 5) is 8.55. The van der Waals surface area contributed by atoms with E-state index >= 15 is 0 Å². The number of nitrogens with one attached hydrogen (secondary N) is 1. The van der Waals surface area contributed by atoms with Crippen LogP contribution in [0.5, 0.6) is 0 Å². The first-order valence-corrected chi connectivity index (χ1v) is 5.34. The van der Waals surface area contributed by atoms with Crippen molar-refractivity contribution in [1.29, 1.82) is 0 Å². The fraction of sp³-hybridized carbons (Fsp3) is 0.556. The normalized spacial score (nSPS) is 18.8. The molecule has 0 aliphatic carbocycles. The van der Waals surface area contributed by atoms with E-state index in [1.54, 1.807) is 6.20 Å². The first-order chi connectivity index (χ1) is 6.36. The van der Waals surface area contributed by atoms with Crippen LogP contribution in [-0.2, 0) is 0 Å². The zero-order valence-electron chi connectivity index (χ0n) is 7.33. The number of rotatable bonds is 1. The highest BCUT2D eigenvalue weighted by atomic mass is 79.9. The second-order valence-electron chi connectivity index (χ2n) is 3.29. The molecule has 0 aromatic carbocycles. The molecule has 70 valence electrons. The van der Waals surface area contributed by atoms with Gasteiger partial charge in [-0.25, -0.2) is 4.98 Å². The highest BCUT2D eigenvalue weighted by Crippen LogP contribution is 2.22. The van der Waals surface area contributed by atoms with Gasteiger partial charge in [-0.15, -0.1) is 0 Å². The molecule has 0 atom stereocenters. The lowest BCUT2D eigenvalue weighted by atomic mass is 9.95. The van der Waals surface area contributed by atoms with Crippen LogP contribution in [0.15, 0.2) is 17.0 Å². The Kier molecular flexibility index (Phi) is 2.90. The number of hydrogen-bond donors (Lipinski definition) is 1. The first kappa shape index (κ1) is 9.09. The quantitative estimate of drug-likeness (QED) is 0.814. The first-order valence-electron chi connectivity index (χ1n) is 4.54. The van der Waals surface area contributed by atoms with Gasteiger partial charge in [0, 0.05) is 12.1 Å². The van der Waals surface area contributed by atoms with Crippen LogP contribution in [0, 0.1) is 0 Å². The smallest absolute Gasteiger partial charge is 0.124 e. The zero-order valence-corrected chi connectivity index (χ0v) is 8.92. The van der Waals surface area contributed by atoms with Gasteiger partial charge in [-0.2, -0.15) is 0 Å². The van der Waals surface area contributed by atoms with Crippen molar-refractivity contribution in [2.24, 2.45) is 0 Å². The van der Waals surface area contributed by atoms with Crippen LogP contribution in [0.4, 0.5) is 0 Å². The summed E-state index contributed by atoms with van der Waals surface area (Å²) in [6, 6.07) is 0. The van der Waals surface area contributed by atoms with Gasteiger partial charge in [0.25, 0.3) is 0 Å². The van der Waals surface area contributed by atoms with E-state index in [0.717, 1.165) is 23.4 Å². The standard InChI is InChI=1S/C9H12BrN3/c10-9-6-12-8(5-13-9)7-1-3-11-4-2-7/h5-7,11H,1-4H2. The Balaban J connectivity index is 2.10. The Morgan fingerprint density at radius 3 is 2.62 bits per heavy atom. The molecule has 1 aliphatic heterocycles. The topological polar surface area (TPSA) is 37.8 Å². The molecule has 1 aliphatic rings. The Morgan fingerprint density at radius 1 is 1.23 bits per heavy atom. The molecule has 1 aromatic rings. The molecule has 2 heterocycles. The number of halogens is 1. The Hall–Kier alpha value is -0.480. The lowest BCUT2D eigenvalue weighted by molar-refractivity contribution is 0.452. The molecule has 1 aromatic heterocycles. The van der Waals surface area contributed by atoms with Crippen molar-refractivity contribution in [3.63, 3.8) is 0 Å². The molecule has 2 rings (SSSR count). The zero-order chi connectivity index (χ0) is 9.10. The van der Waals surface area contributed by atoms with Gasteiger partial charge in [0.2, 0.25) is 0 Å². The minimum atomic E-state index is 0.599.